The van der Waals surface area contributed by atoms with E-state index < -0.39 is 0 Å². The zero-order chi connectivity index (χ0) is 14.2. The van der Waals surface area contributed by atoms with Gasteiger partial charge in [-0.25, -0.2) is 0 Å². The van der Waals surface area contributed by atoms with Crippen molar-refractivity contribution in [1.82, 2.24) is 5.32 Å². The quantitative estimate of drug-likeness (QED) is 0.700. The van der Waals surface area contributed by atoms with Crippen molar-refractivity contribution in [1.29, 1.82) is 0 Å². The van der Waals surface area contributed by atoms with E-state index in [9.17, 15) is 0 Å². The molecule has 0 saturated heterocycles. The second-order valence-electron chi connectivity index (χ2n) is 4.73. The highest BCUT2D eigenvalue weighted by molar-refractivity contribution is 9.10. The molecule has 1 aromatic heterocycles. The molecular weight excluding hydrogens is 349 g/mol. The lowest BCUT2D eigenvalue weighted by Gasteiger charge is -2.08. The molecule has 0 fully saturated rings. The third-order valence-corrected chi connectivity index (χ3v) is 4.56. The lowest BCUT2D eigenvalue weighted by Crippen LogP contribution is -2.12. The highest BCUT2D eigenvalue weighted by atomic mass is 79.9. The molecule has 2 nitrogen and oxygen atoms in total. The van der Waals surface area contributed by atoms with E-state index in [4.69, 9.17) is 27.6 Å². The van der Waals surface area contributed by atoms with Crippen molar-refractivity contribution in [2.75, 3.05) is 6.54 Å². The molecule has 2 rings (SSSR count). The smallest absolute Gasteiger partial charge is 0.154 e. The van der Waals surface area contributed by atoms with Gasteiger partial charge in [-0.15, -0.1) is 0 Å². The molecule has 1 aromatic carbocycles. The van der Waals surface area contributed by atoms with Crippen LogP contribution >= 0.6 is 39.1 Å². The predicted molar refractivity (Wildman–Crippen MR) is 85.4 cm³/mol. The number of rotatable bonds is 4. The summed E-state index contributed by atoms with van der Waals surface area (Å²) >= 11 is 16.1. The topological polar surface area (TPSA) is 25.2 Å². The van der Waals surface area contributed by atoms with Crippen LogP contribution in [-0.2, 0) is 6.54 Å². The predicted octanol–water partition coefficient (Wildman–Crippen LogP) is 5.74. The fourth-order valence-electron chi connectivity index (χ4n) is 2.22. The van der Waals surface area contributed by atoms with Gasteiger partial charge < -0.3 is 9.73 Å². The zero-order valence-electron chi connectivity index (χ0n) is 11.1. The molecule has 2 aromatic rings. The van der Waals surface area contributed by atoms with Gasteiger partial charge >= 0.3 is 0 Å². The molecule has 0 bridgehead atoms. The van der Waals surface area contributed by atoms with Crippen molar-refractivity contribution in [2.45, 2.75) is 33.2 Å². The third kappa shape index (κ3) is 2.80. The molecule has 0 atom stereocenters. The van der Waals surface area contributed by atoms with Crippen molar-refractivity contribution in [3.05, 3.63) is 31.9 Å². The number of benzene rings is 1. The minimum absolute atomic E-state index is 0.317. The molecule has 0 aliphatic rings. The van der Waals surface area contributed by atoms with Crippen molar-refractivity contribution in [2.24, 2.45) is 0 Å². The Labute approximate surface area is 131 Å². The van der Waals surface area contributed by atoms with Crippen molar-refractivity contribution >= 4 is 50.1 Å². The van der Waals surface area contributed by atoms with E-state index in [-0.39, 0.29) is 0 Å². The van der Waals surface area contributed by atoms with Crippen LogP contribution in [0.1, 0.15) is 38.0 Å². The van der Waals surface area contributed by atoms with Crippen LogP contribution in [0.2, 0.25) is 10.0 Å². The van der Waals surface area contributed by atoms with Gasteiger partial charge in [0.05, 0.1) is 16.6 Å². The normalized spacial score (nSPS) is 11.7. The van der Waals surface area contributed by atoms with Crippen LogP contribution in [0.3, 0.4) is 0 Å². The van der Waals surface area contributed by atoms with Crippen molar-refractivity contribution in [3.63, 3.8) is 0 Å². The van der Waals surface area contributed by atoms with Crippen LogP contribution in [0.5, 0.6) is 0 Å². The molecule has 1 heterocycles. The molecule has 5 heteroatoms. The zero-order valence-corrected chi connectivity index (χ0v) is 14.2. The summed E-state index contributed by atoms with van der Waals surface area (Å²) in [5.41, 5.74) is 1.80. The molecule has 0 radical (unpaired) electrons. The number of hydrogen-bond donors (Lipinski definition) is 1. The number of fused-ring (bicyclic) bond motifs is 1. The number of furan rings is 1. The highest BCUT2D eigenvalue weighted by Gasteiger charge is 2.22. The molecule has 0 aliphatic heterocycles. The molecule has 0 saturated carbocycles. The van der Waals surface area contributed by atoms with Gasteiger partial charge in [-0.2, -0.15) is 0 Å². The Balaban J connectivity index is 2.74. The Kier molecular flexibility index (Phi) is 4.83. The summed E-state index contributed by atoms with van der Waals surface area (Å²) in [6, 6.07) is 1.77. The molecule has 0 spiro atoms. The van der Waals surface area contributed by atoms with Crippen molar-refractivity contribution < 1.29 is 4.42 Å². The first-order valence-corrected chi connectivity index (χ1v) is 7.81. The first-order valence-electron chi connectivity index (χ1n) is 6.26. The number of hydrogen-bond acceptors (Lipinski definition) is 2. The van der Waals surface area contributed by atoms with Crippen LogP contribution in [0.4, 0.5) is 0 Å². The summed E-state index contributed by atoms with van der Waals surface area (Å²) in [4.78, 5) is 0. The Morgan fingerprint density at radius 3 is 2.63 bits per heavy atom. The fraction of sp³-hybridized carbons (Fsp3) is 0.429. The Hall–Kier alpha value is -0.220. The second kappa shape index (κ2) is 6.04. The molecule has 19 heavy (non-hydrogen) atoms. The van der Waals surface area contributed by atoms with Crippen molar-refractivity contribution in [3.8, 4) is 0 Å². The van der Waals surface area contributed by atoms with Gasteiger partial charge in [0.2, 0.25) is 0 Å². The highest BCUT2D eigenvalue weighted by Crippen LogP contribution is 2.43. The average Bonchev–Trinajstić information content (AvgIpc) is 2.73. The summed E-state index contributed by atoms with van der Waals surface area (Å²) in [5.74, 6) is 1.23. The number of nitrogens with one attached hydrogen (secondary N) is 1. The van der Waals surface area contributed by atoms with Crippen LogP contribution in [0.15, 0.2) is 15.0 Å². The van der Waals surface area contributed by atoms with Crippen LogP contribution in [0.25, 0.3) is 11.0 Å². The van der Waals surface area contributed by atoms with E-state index in [1.807, 2.05) is 0 Å². The molecule has 104 valence electrons. The van der Waals surface area contributed by atoms with Crippen LogP contribution in [-0.4, -0.2) is 6.54 Å². The monoisotopic (exact) mass is 363 g/mol. The first kappa shape index (κ1) is 15.2. The van der Waals surface area contributed by atoms with Gasteiger partial charge in [-0.3, -0.25) is 0 Å². The van der Waals surface area contributed by atoms with Gasteiger partial charge in [0.15, 0.2) is 5.58 Å². The molecule has 0 aliphatic carbocycles. The summed E-state index contributed by atoms with van der Waals surface area (Å²) in [5, 5.41) is 5.44. The Morgan fingerprint density at radius 2 is 2.05 bits per heavy atom. The van der Waals surface area contributed by atoms with E-state index in [0.29, 0.717) is 28.1 Å². The summed E-state index contributed by atoms with van der Waals surface area (Å²) in [7, 11) is 0. The Bertz CT molecular complexity index is 607. The van der Waals surface area contributed by atoms with E-state index >= 15 is 0 Å². The third-order valence-electron chi connectivity index (χ3n) is 3.03. The summed E-state index contributed by atoms with van der Waals surface area (Å²) in [6.45, 7) is 7.90. The molecule has 1 N–H and O–H groups in total. The van der Waals surface area contributed by atoms with E-state index in [0.717, 1.165) is 27.7 Å². The van der Waals surface area contributed by atoms with Gasteiger partial charge in [-0.05, 0) is 34.5 Å². The van der Waals surface area contributed by atoms with Gasteiger partial charge in [0, 0.05) is 15.4 Å². The van der Waals surface area contributed by atoms with E-state index in [1.165, 1.54) is 0 Å². The van der Waals surface area contributed by atoms with E-state index in [2.05, 4.69) is 42.0 Å². The second-order valence-corrected chi connectivity index (χ2v) is 6.37. The lowest BCUT2D eigenvalue weighted by molar-refractivity contribution is 0.510. The van der Waals surface area contributed by atoms with Gasteiger partial charge in [0.1, 0.15) is 5.76 Å². The molecule has 0 unspecified atom stereocenters. The van der Waals surface area contributed by atoms with Crippen LogP contribution in [0, 0.1) is 0 Å². The maximum absolute atomic E-state index is 6.41. The first-order chi connectivity index (χ1) is 8.97. The lowest BCUT2D eigenvalue weighted by atomic mass is 9.99. The molecular formula is C14H16BrCl2NO. The summed E-state index contributed by atoms with van der Waals surface area (Å²) in [6.07, 6.45) is 0. The van der Waals surface area contributed by atoms with Crippen LogP contribution < -0.4 is 5.32 Å². The average molecular weight is 365 g/mol. The minimum atomic E-state index is 0.317. The van der Waals surface area contributed by atoms with Gasteiger partial charge in [-0.1, -0.05) is 44.0 Å². The standard InChI is InChI=1S/C14H16BrCl2NO/c1-4-18-6-10-11(7(2)3)12-13(17)8(15)5-9(16)14(12)19-10/h5,7,18H,4,6H2,1-3H3. The maximum Gasteiger partial charge on any atom is 0.154 e. The summed E-state index contributed by atoms with van der Waals surface area (Å²) < 4.78 is 6.73. The van der Waals surface area contributed by atoms with Gasteiger partial charge in [0.25, 0.3) is 0 Å². The SMILES string of the molecule is CCNCc1oc2c(Cl)cc(Br)c(Cl)c2c1C(C)C. The minimum Gasteiger partial charge on any atom is -0.458 e. The fourth-order valence-corrected chi connectivity index (χ4v) is 3.26. The Morgan fingerprint density at radius 1 is 1.37 bits per heavy atom. The van der Waals surface area contributed by atoms with E-state index in [1.54, 1.807) is 6.07 Å². The number of halogens is 3. The maximum atomic E-state index is 6.41. The molecule has 0 amide bonds. The largest absolute Gasteiger partial charge is 0.458 e.